The molecule has 3 heteroatoms. The number of rotatable bonds is 0. The average molecular weight is 203 g/mol. The molecule has 1 saturated heterocycles. The highest BCUT2D eigenvalue weighted by Crippen LogP contribution is 2.38. The van der Waals surface area contributed by atoms with Crippen molar-refractivity contribution in [1.29, 1.82) is 0 Å². The predicted molar refractivity (Wildman–Crippen MR) is 39.6 cm³/mol. The fourth-order valence-electron chi connectivity index (χ4n) is 1.48. The molecule has 0 aromatic heterocycles. The van der Waals surface area contributed by atoms with Gasteiger partial charge in [-0.2, -0.15) is 0 Å². The second-order valence-corrected chi connectivity index (χ2v) is 3.62. The molecule has 10 heavy (non-hydrogen) atoms. The van der Waals surface area contributed by atoms with Crippen molar-refractivity contribution in [3.63, 3.8) is 0 Å². The van der Waals surface area contributed by atoms with Crippen LogP contribution in [0.4, 0.5) is 0 Å². The van der Waals surface area contributed by atoms with Gasteiger partial charge in [0.1, 0.15) is 6.10 Å². The first-order chi connectivity index (χ1) is 4.77. The Bertz CT molecular complexity index is 210. The third-order valence-electron chi connectivity index (χ3n) is 2.00. The monoisotopic (exact) mass is 202 g/mol. The number of hydrogen-bond donors (Lipinski definition) is 0. The molecular weight excluding hydrogens is 196 g/mol. The van der Waals surface area contributed by atoms with Gasteiger partial charge in [0.15, 0.2) is 0 Å². The van der Waals surface area contributed by atoms with Crippen LogP contribution in [-0.2, 0) is 9.53 Å². The minimum Gasteiger partial charge on any atom is -0.457 e. The van der Waals surface area contributed by atoms with Gasteiger partial charge in [-0.05, 0) is 6.42 Å². The highest BCUT2D eigenvalue weighted by Gasteiger charge is 2.39. The molecule has 1 aliphatic heterocycles. The Hall–Kier alpha value is -0.310. The highest BCUT2D eigenvalue weighted by molar-refractivity contribution is 9.11. The van der Waals surface area contributed by atoms with Crippen LogP contribution in [-0.4, -0.2) is 12.1 Å². The molecule has 0 unspecified atom stereocenters. The molecule has 0 aromatic rings. The summed E-state index contributed by atoms with van der Waals surface area (Å²) in [5.41, 5.74) is 0. The van der Waals surface area contributed by atoms with E-state index in [-0.39, 0.29) is 12.1 Å². The number of carbonyl (C=O) groups excluding carboxylic acids is 1. The maximum atomic E-state index is 10.7. The summed E-state index contributed by atoms with van der Waals surface area (Å²) >= 11 is 3.36. The topological polar surface area (TPSA) is 26.3 Å². The molecule has 1 heterocycles. The summed E-state index contributed by atoms with van der Waals surface area (Å²) in [4.78, 5) is 10.7. The first kappa shape index (κ1) is 6.40. The van der Waals surface area contributed by atoms with Crippen LogP contribution in [0.1, 0.15) is 12.8 Å². The van der Waals surface area contributed by atoms with Crippen LogP contribution in [0, 0.1) is 5.92 Å². The summed E-state index contributed by atoms with van der Waals surface area (Å²) in [5.74, 6) is 0.363. The molecule has 0 N–H and O–H groups in total. The van der Waals surface area contributed by atoms with E-state index in [9.17, 15) is 4.79 Å². The van der Waals surface area contributed by atoms with Crippen molar-refractivity contribution in [3.8, 4) is 0 Å². The molecule has 1 fully saturated rings. The van der Waals surface area contributed by atoms with Crippen molar-refractivity contribution in [2.24, 2.45) is 5.92 Å². The maximum absolute atomic E-state index is 10.7. The molecule has 0 radical (unpaired) electrons. The molecular formula is C7H7BrO2. The smallest absolute Gasteiger partial charge is 0.306 e. The van der Waals surface area contributed by atoms with Crippen LogP contribution in [0.15, 0.2) is 10.6 Å². The standard InChI is InChI=1S/C7H7BrO2/c8-5-2-1-4-3-6(9)10-7(4)5/h2,4,7H,1,3H2/t4-,7+/m1/s1. The fourth-order valence-corrected chi connectivity index (χ4v) is 2.13. The lowest BCUT2D eigenvalue weighted by Gasteiger charge is -2.06. The number of carbonyl (C=O) groups is 1. The van der Waals surface area contributed by atoms with Gasteiger partial charge >= 0.3 is 5.97 Å². The SMILES string of the molecule is O=C1C[C@H]2CC=C(Br)[C@H]2O1. The molecule has 2 aliphatic rings. The largest absolute Gasteiger partial charge is 0.457 e. The maximum Gasteiger partial charge on any atom is 0.306 e. The Kier molecular flexibility index (Phi) is 1.34. The number of halogens is 1. The van der Waals surface area contributed by atoms with Gasteiger partial charge in [0.25, 0.3) is 0 Å². The number of hydrogen-bond acceptors (Lipinski definition) is 2. The minimum atomic E-state index is -0.0555. The average Bonchev–Trinajstić information content (AvgIpc) is 2.35. The number of allylic oxidation sites excluding steroid dienone is 1. The minimum absolute atomic E-state index is 0.0486. The molecule has 0 amide bonds. The van der Waals surface area contributed by atoms with Crippen molar-refractivity contribution in [2.45, 2.75) is 18.9 Å². The van der Waals surface area contributed by atoms with Gasteiger partial charge in [-0.1, -0.05) is 22.0 Å². The molecule has 0 spiro atoms. The zero-order valence-electron chi connectivity index (χ0n) is 5.34. The molecule has 2 rings (SSSR count). The van der Waals surface area contributed by atoms with Gasteiger partial charge < -0.3 is 4.74 Å². The van der Waals surface area contributed by atoms with E-state index in [1.807, 2.05) is 0 Å². The van der Waals surface area contributed by atoms with Gasteiger partial charge in [0.05, 0.1) is 6.42 Å². The summed E-state index contributed by atoms with van der Waals surface area (Å²) in [6.45, 7) is 0. The van der Waals surface area contributed by atoms with E-state index in [2.05, 4.69) is 22.0 Å². The first-order valence-electron chi connectivity index (χ1n) is 3.32. The van der Waals surface area contributed by atoms with Crippen molar-refractivity contribution in [1.82, 2.24) is 0 Å². The lowest BCUT2D eigenvalue weighted by molar-refractivity contribution is -0.140. The van der Waals surface area contributed by atoms with Crippen molar-refractivity contribution in [2.75, 3.05) is 0 Å². The second kappa shape index (κ2) is 2.09. The Balaban J connectivity index is 2.20. The summed E-state index contributed by atoms with van der Waals surface area (Å²) in [6.07, 6.45) is 3.71. The number of esters is 1. The van der Waals surface area contributed by atoms with E-state index in [0.29, 0.717) is 12.3 Å². The Morgan fingerprint density at radius 2 is 2.50 bits per heavy atom. The molecule has 0 aromatic carbocycles. The van der Waals surface area contributed by atoms with Crippen molar-refractivity contribution >= 4 is 21.9 Å². The summed E-state index contributed by atoms with van der Waals surface area (Å²) in [6, 6.07) is 0. The van der Waals surface area contributed by atoms with Gasteiger partial charge in [0.2, 0.25) is 0 Å². The lowest BCUT2D eigenvalue weighted by atomic mass is 10.0. The van der Waals surface area contributed by atoms with Crippen LogP contribution < -0.4 is 0 Å². The van der Waals surface area contributed by atoms with E-state index >= 15 is 0 Å². The van der Waals surface area contributed by atoms with E-state index in [4.69, 9.17) is 4.74 Å². The lowest BCUT2D eigenvalue weighted by Crippen LogP contribution is -2.09. The van der Waals surface area contributed by atoms with Crippen molar-refractivity contribution in [3.05, 3.63) is 10.6 Å². The Morgan fingerprint density at radius 3 is 3.20 bits per heavy atom. The van der Waals surface area contributed by atoms with E-state index in [1.54, 1.807) is 0 Å². The molecule has 0 bridgehead atoms. The Morgan fingerprint density at radius 1 is 1.70 bits per heavy atom. The van der Waals surface area contributed by atoms with Crippen LogP contribution >= 0.6 is 15.9 Å². The van der Waals surface area contributed by atoms with E-state index in [0.717, 1.165) is 10.9 Å². The third-order valence-corrected chi connectivity index (χ3v) is 2.78. The number of ether oxygens (including phenoxy) is 1. The first-order valence-corrected chi connectivity index (χ1v) is 4.11. The zero-order chi connectivity index (χ0) is 7.14. The zero-order valence-corrected chi connectivity index (χ0v) is 6.93. The van der Waals surface area contributed by atoms with Crippen LogP contribution in [0.25, 0.3) is 0 Å². The second-order valence-electron chi connectivity index (χ2n) is 2.70. The van der Waals surface area contributed by atoms with E-state index < -0.39 is 0 Å². The highest BCUT2D eigenvalue weighted by atomic mass is 79.9. The van der Waals surface area contributed by atoms with Crippen molar-refractivity contribution < 1.29 is 9.53 Å². The van der Waals surface area contributed by atoms with Gasteiger partial charge in [-0.15, -0.1) is 0 Å². The van der Waals surface area contributed by atoms with Gasteiger partial charge in [-0.25, -0.2) is 0 Å². The summed E-state index contributed by atoms with van der Waals surface area (Å²) in [5, 5.41) is 0. The molecule has 2 nitrogen and oxygen atoms in total. The summed E-state index contributed by atoms with van der Waals surface area (Å²) < 4.78 is 6.09. The normalized spacial score (nSPS) is 37.3. The molecule has 2 atom stereocenters. The molecule has 0 saturated carbocycles. The predicted octanol–water partition coefficient (Wildman–Crippen LogP) is 1.60. The van der Waals surface area contributed by atoms with Gasteiger partial charge in [0, 0.05) is 10.4 Å². The fraction of sp³-hybridized carbons (Fsp3) is 0.571. The van der Waals surface area contributed by atoms with E-state index in [1.165, 1.54) is 0 Å². The molecule has 1 aliphatic carbocycles. The quantitative estimate of drug-likeness (QED) is 0.559. The number of fused-ring (bicyclic) bond motifs is 1. The van der Waals surface area contributed by atoms with Crippen LogP contribution in [0.5, 0.6) is 0 Å². The van der Waals surface area contributed by atoms with Crippen LogP contribution in [0.3, 0.4) is 0 Å². The summed E-state index contributed by atoms with van der Waals surface area (Å²) in [7, 11) is 0. The van der Waals surface area contributed by atoms with Crippen LogP contribution in [0.2, 0.25) is 0 Å². The third kappa shape index (κ3) is 0.804. The molecule has 54 valence electrons. The van der Waals surface area contributed by atoms with Gasteiger partial charge in [-0.3, -0.25) is 4.79 Å². The Labute approximate surface area is 67.4 Å².